The summed E-state index contributed by atoms with van der Waals surface area (Å²) < 4.78 is 0. The second-order valence-electron chi connectivity index (χ2n) is 5.51. The lowest BCUT2D eigenvalue weighted by Crippen LogP contribution is -2.69. The summed E-state index contributed by atoms with van der Waals surface area (Å²) in [4.78, 5) is 39.9. The first-order valence-corrected chi connectivity index (χ1v) is 7.51. The van der Waals surface area contributed by atoms with E-state index in [1.165, 1.54) is 0 Å². The highest BCUT2D eigenvalue weighted by molar-refractivity contribution is 6.33. The van der Waals surface area contributed by atoms with Gasteiger partial charge in [-0.2, -0.15) is 0 Å². The van der Waals surface area contributed by atoms with Gasteiger partial charge in [-0.15, -0.1) is 0 Å². The molecule has 0 unspecified atom stereocenters. The van der Waals surface area contributed by atoms with E-state index in [1.54, 1.807) is 41.0 Å². The Morgan fingerprint density at radius 2 is 2.00 bits per heavy atom. The first-order valence-electron chi connectivity index (χ1n) is 7.13. The highest BCUT2D eigenvalue weighted by atomic mass is 35.5. The van der Waals surface area contributed by atoms with Crippen molar-refractivity contribution in [1.29, 1.82) is 0 Å². The molecule has 3 rings (SSSR count). The highest BCUT2D eigenvalue weighted by Gasteiger charge is 2.42. The molecular formula is C15H16ClN3O3. The molecular weight excluding hydrogens is 306 g/mol. The van der Waals surface area contributed by atoms with Crippen LogP contribution in [0, 0.1) is 0 Å². The van der Waals surface area contributed by atoms with Crippen LogP contribution in [0.2, 0.25) is 5.02 Å². The van der Waals surface area contributed by atoms with Crippen molar-refractivity contribution in [3.8, 4) is 0 Å². The van der Waals surface area contributed by atoms with E-state index in [2.05, 4.69) is 5.32 Å². The van der Waals surface area contributed by atoms with Gasteiger partial charge in [0.2, 0.25) is 11.8 Å². The van der Waals surface area contributed by atoms with Crippen LogP contribution in [0.3, 0.4) is 0 Å². The second-order valence-corrected chi connectivity index (χ2v) is 5.92. The van der Waals surface area contributed by atoms with Crippen LogP contribution in [0.1, 0.15) is 17.3 Å². The maximum atomic E-state index is 12.6. The second kappa shape index (κ2) is 5.61. The Bertz CT molecular complexity index is 649. The van der Waals surface area contributed by atoms with Crippen molar-refractivity contribution in [3.63, 3.8) is 0 Å². The Kier molecular flexibility index (Phi) is 3.78. The molecule has 0 bridgehead atoms. The highest BCUT2D eigenvalue weighted by Crippen LogP contribution is 2.21. The number of nitrogens with one attached hydrogen (secondary N) is 1. The summed E-state index contributed by atoms with van der Waals surface area (Å²) in [5.41, 5.74) is 0.411. The summed E-state index contributed by atoms with van der Waals surface area (Å²) in [5.74, 6) is -0.540. The third-order valence-electron chi connectivity index (χ3n) is 4.09. The van der Waals surface area contributed by atoms with Gasteiger partial charge in [-0.05, 0) is 19.1 Å². The molecule has 2 aliphatic heterocycles. The monoisotopic (exact) mass is 321 g/mol. The number of carbonyl (C=O) groups excluding carboxylic acids is 3. The Labute approximate surface area is 133 Å². The van der Waals surface area contributed by atoms with E-state index < -0.39 is 12.1 Å². The molecule has 1 N–H and O–H groups in total. The average Bonchev–Trinajstić information content (AvgIpc) is 2.52. The predicted octanol–water partition coefficient (Wildman–Crippen LogP) is 0.511. The normalized spacial score (nSPS) is 24.8. The molecule has 0 aromatic heterocycles. The minimum atomic E-state index is -0.621. The number of halogens is 1. The largest absolute Gasteiger partial charge is 0.343 e. The van der Waals surface area contributed by atoms with Gasteiger partial charge in [0.25, 0.3) is 5.91 Å². The number of hydrogen-bond acceptors (Lipinski definition) is 3. The smallest absolute Gasteiger partial charge is 0.255 e. The molecule has 7 heteroatoms. The summed E-state index contributed by atoms with van der Waals surface area (Å²) in [6.45, 7) is 2.61. The predicted molar refractivity (Wildman–Crippen MR) is 80.5 cm³/mol. The van der Waals surface area contributed by atoms with Gasteiger partial charge in [-0.3, -0.25) is 14.4 Å². The zero-order chi connectivity index (χ0) is 15.9. The van der Waals surface area contributed by atoms with Gasteiger partial charge >= 0.3 is 0 Å². The topological polar surface area (TPSA) is 69.7 Å². The first kappa shape index (κ1) is 14.8. The molecule has 0 radical (unpaired) electrons. The van der Waals surface area contributed by atoms with E-state index in [9.17, 15) is 14.4 Å². The standard InChI is InChI=1S/C15H16ClN3O3/c1-9-14(21)19-7-6-18(8-12(19)13(20)17-9)15(22)10-4-2-3-5-11(10)16/h2-5,9,12H,6-8H2,1H3,(H,17,20)/t9-,12-/m1/s1. The van der Waals surface area contributed by atoms with Gasteiger partial charge in [0, 0.05) is 13.1 Å². The number of fused-ring (bicyclic) bond motifs is 1. The molecule has 1 aromatic carbocycles. The molecule has 0 aliphatic carbocycles. The SMILES string of the molecule is C[C@H]1NC(=O)[C@H]2CN(C(=O)c3ccccc3Cl)CCN2C1=O. The lowest BCUT2D eigenvalue weighted by atomic mass is 10.0. The van der Waals surface area contributed by atoms with Crippen molar-refractivity contribution in [1.82, 2.24) is 15.1 Å². The molecule has 2 heterocycles. The molecule has 116 valence electrons. The van der Waals surface area contributed by atoms with Crippen molar-refractivity contribution in [3.05, 3.63) is 34.9 Å². The van der Waals surface area contributed by atoms with Gasteiger partial charge in [-0.25, -0.2) is 0 Å². The van der Waals surface area contributed by atoms with Crippen LogP contribution in [-0.4, -0.2) is 59.2 Å². The summed E-state index contributed by atoms with van der Waals surface area (Å²) in [6, 6.07) is 5.69. The van der Waals surface area contributed by atoms with Crippen molar-refractivity contribution in [2.45, 2.75) is 19.0 Å². The van der Waals surface area contributed by atoms with Crippen LogP contribution >= 0.6 is 11.6 Å². The number of hydrogen-bond donors (Lipinski definition) is 1. The number of nitrogens with zero attached hydrogens (tertiary/aromatic N) is 2. The molecule has 2 atom stereocenters. The van der Waals surface area contributed by atoms with Crippen LogP contribution in [0.15, 0.2) is 24.3 Å². The summed E-state index contributed by atoms with van der Waals surface area (Å²) in [6.07, 6.45) is 0. The van der Waals surface area contributed by atoms with Crippen molar-refractivity contribution in [2.24, 2.45) is 0 Å². The van der Waals surface area contributed by atoms with Gasteiger partial charge < -0.3 is 15.1 Å². The fourth-order valence-electron chi connectivity index (χ4n) is 2.88. The maximum absolute atomic E-state index is 12.6. The molecule has 22 heavy (non-hydrogen) atoms. The lowest BCUT2D eigenvalue weighted by Gasteiger charge is -2.44. The van der Waals surface area contributed by atoms with E-state index in [1.807, 2.05) is 0 Å². The number of piperazine rings is 2. The minimum Gasteiger partial charge on any atom is -0.343 e. The third-order valence-corrected chi connectivity index (χ3v) is 4.42. The zero-order valence-corrected chi connectivity index (χ0v) is 12.8. The summed E-state index contributed by atoms with van der Waals surface area (Å²) in [5, 5.41) is 3.03. The van der Waals surface area contributed by atoms with Crippen LogP contribution in [-0.2, 0) is 9.59 Å². The zero-order valence-electron chi connectivity index (χ0n) is 12.1. The van der Waals surface area contributed by atoms with Gasteiger partial charge in [-0.1, -0.05) is 23.7 Å². The van der Waals surface area contributed by atoms with Gasteiger partial charge in [0.05, 0.1) is 17.1 Å². The summed E-state index contributed by atoms with van der Waals surface area (Å²) >= 11 is 6.06. The molecule has 1 aromatic rings. The van der Waals surface area contributed by atoms with Crippen LogP contribution in [0.5, 0.6) is 0 Å². The number of rotatable bonds is 1. The quantitative estimate of drug-likeness (QED) is 0.819. The van der Waals surface area contributed by atoms with E-state index in [-0.39, 0.29) is 24.3 Å². The minimum absolute atomic E-state index is 0.102. The first-order chi connectivity index (χ1) is 10.5. The molecule has 3 amide bonds. The molecule has 2 saturated heterocycles. The van der Waals surface area contributed by atoms with Crippen molar-refractivity contribution < 1.29 is 14.4 Å². The fraction of sp³-hybridized carbons (Fsp3) is 0.400. The lowest BCUT2D eigenvalue weighted by molar-refractivity contribution is -0.151. The Morgan fingerprint density at radius 3 is 2.73 bits per heavy atom. The maximum Gasteiger partial charge on any atom is 0.255 e. The van der Waals surface area contributed by atoms with E-state index in [4.69, 9.17) is 11.6 Å². The molecule has 0 spiro atoms. The van der Waals surface area contributed by atoms with Gasteiger partial charge in [0.15, 0.2) is 0 Å². The Morgan fingerprint density at radius 1 is 1.27 bits per heavy atom. The van der Waals surface area contributed by atoms with Crippen molar-refractivity contribution >= 4 is 29.3 Å². The Hall–Kier alpha value is -2.08. The van der Waals surface area contributed by atoms with Gasteiger partial charge in [0.1, 0.15) is 12.1 Å². The average molecular weight is 322 g/mol. The number of carbonyl (C=O) groups is 3. The molecule has 2 aliphatic rings. The molecule has 2 fully saturated rings. The van der Waals surface area contributed by atoms with Crippen molar-refractivity contribution in [2.75, 3.05) is 19.6 Å². The molecule has 0 saturated carbocycles. The van der Waals surface area contributed by atoms with Crippen LogP contribution in [0.25, 0.3) is 0 Å². The number of amides is 3. The van der Waals surface area contributed by atoms with E-state index in [0.717, 1.165) is 0 Å². The van der Waals surface area contributed by atoms with Crippen LogP contribution < -0.4 is 5.32 Å². The molecule has 6 nitrogen and oxygen atoms in total. The van der Waals surface area contributed by atoms with Crippen LogP contribution in [0.4, 0.5) is 0 Å². The third kappa shape index (κ3) is 2.43. The fourth-order valence-corrected chi connectivity index (χ4v) is 3.10. The Balaban J connectivity index is 1.79. The summed E-state index contributed by atoms with van der Waals surface area (Å²) in [7, 11) is 0. The number of benzene rings is 1. The van der Waals surface area contributed by atoms with E-state index in [0.29, 0.717) is 23.7 Å². The van der Waals surface area contributed by atoms with E-state index >= 15 is 0 Å².